The Labute approximate surface area is 141 Å². The molecule has 1 aromatic carbocycles. The standard InChI is InChI=1S/C15H22N4O3.ClH/c1-2-5-11(16)15(22)19-12-7-4-3-6-10(12)14(21)18-9-8-13(17)20;/h3-4,6-7,11H,2,5,8-9,16H2,1H3,(H2,17,20)(H,18,21)(H,19,22);1H. The van der Waals surface area contributed by atoms with Crippen LogP contribution in [0.2, 0.25) is 0 Å². The predicted octanol–water partition coefficient (Wildman–Crippen LogP) is 0.780. The number of hydrogen-bond donors (Lipinski definition) is 4. The van der Waals surface area contributed by atoms with E-state index in [1.807, 2.05) is 6.92 Å². The van der Waals surface area contributed by atoms with Crippen LogP contribution in [0.4, 0.5) is 5.69 Å². The number of primary amides is 1. The number of amides is 3. The average Bonchev–Trinajstić information content (AvgIpc) is 2.47. The van der Waals surface area contributed by atoms with Crippen molar-refractivity contribution in [1.82, 2.24) is 5.32 Å². The van der Waals surface area contributed by atoms with E-state index in [0.29, 0.717) is 17.7 Å². The summed E-state index contributed by atoms with van der Waals surface area (Å²) < 4.78 is 0. The largest absolute Gasteiger partial charge is 0.370 e. The second kappa shape index (κ2) is 10.6. The molecule has 23 heavy (non-hydrogen) atoms. The van der Waals surface area contributed by atoms with Crippen molar-refractivity contribution in [3.05, 3.63) is 29.8 Å². The highest BCUT2D eigenvalue weighted by molar-refractivity contribution is 6.04. The molecule has 0 heterocycles. The van der Waals surface area contributed by atoms with Crippen LogP contribution < -0.4 is 22.1 Å². The fraction of sp³-hybridized carbons (Fsp3) is 0.400. The quantitative estimate of drug-likeness (QED) is 0.556. The Balaban J connectivity index is 0.00000484. The molecule has 1 rings (SSSR count). The number of carbonyl (C=O) groups is 3. The molecule has 0 aliphatic carbocycles. The van der Waals surface area contributed by atoms with Crippen molar-refractivity contribution in [2.24, 2.45) is 11.5 Å². The van der Waals surface area contributed by atoms with Gasteiger partial charge in [0.05, 0.1) is 17.3 Å². The lowest BCUT2D eigenvalue weighted by Gasteiger charge is -2.14. The van der Waals surface area contributed by atoms with Gasteiger partial charge in [0.25, 0.3) is 5.91 Å². The highest BCUT2D eigenvalue weighted by Crippen LogP contribution is 2.15. The van der Waals surface area contributed by atoms with E-state index < -0.39 is 11.9 Å². The minimum Gasteiger partial charge on any atom is -0.370 e. The molecule has 3 amide bonds. The van der Waals surface area contributed by atoms with Gasteiger partial charge in [-0.05, 0) is 18.6 Å². The van der Waals surface area contributed by atoms with Crippen LogP contribution in [-0.4, -0.2) is 30.3 Å². The van der Waals surface area contributed by atoms with E-state index in [1.165, 1.54) is 0 Å². The van der Waals surface area contributed by atoms with Gasteiger partial charge in [-0.1, -0.05) is 25.5 Å². The third-order valence-corrected chi connectivity index (χ3v) is 3.02. The lowest BCUT2D eigenvalue weighted by atomic mass is 10.1. The molecule has 1 aromatic rings. The lowest BCUT2D eigenvalue weighted by Crippen LogP contribution is -2.36. The fourth-order valence-corrected chi connectivity index (χ4v) is 1.85. The normalized spacial score (nSPS) is 11.0. The van der Waals surface area contributed by atoms with Crippen LogP contribution in [0.25, 0.3) is 0 Å². The first-order valence-corrected chi connectivity index (χ1v) is 7.17. The first kappa shape index (κ1) is 20.9. The molecule has 0 saturated carbocycles. The Morgan fingerprint density at radius 2 is 1.87 bits per heavy atom. The monoisotopic (exact) mass is 342 g/mol. The molecule has 0 aliphatic heterocycles. The first-order valence-electron chi connectivity index (χ1n) is 7.17. The van der Waals surface area contributed by atoms with Crippen molar-refractivity contribution in [2.45, 2.75) is 32.2 Å². The number of benzene rings is 1. The number of para-hydroxylation sites is 1. The van der Waals surface area contributed by atoms with Gasteiger partial charge < -0.3 is 22.1 Å². The minimum atomic E-state index is -0.615. The summed E-state index contributed by atoms with van der Waals surface area (Å²) in [7, 11) is 0. The molecule has 1 atom stereocenters. The number of carbonyl (C=O) groups excluding carboxylic acids is 3. The number of halogens is 1. The second-order valence-corrected chi connectivity index (χ2v) is 4.90. The zero-order valence-corrected chi connectivity index (χ0v) is 13.8. The smallest absolute Gasteiger partial charge is 0.253 e. The van der Waals surface area contributed by atoms with E-state index in [0.717, 1.165) is 6.42 Å². The first-order chi connectivity index (χ1) is 10.5. The van der Waals surface area contributed by atoms with Crippen LogP contribution in [0, 0.1) is 0 Å². The van der Waals surface area contributed by atoms with Crippen molar-refractivity contribution in [3.63, 3.8) is 0 Å². The van der Waals surface area contributed by atoms with Gasteiger partial charge in [0.2, 0.25) is 11.8 Å². The Morgan fingerprint density at radius 1 is 1.22 bits per heavy atom. The van der Waals surface area contributed by atoms with Crippen molar-refractivity contribution < 1.29 is 14.4 Å². The summed E-state index contributed by atoms with van der Waals surface area (Å²) in [5.41, 5.74) is 11.5. The van der Waals surface area contributed by atoms with Gasteiger partial charge in [0, 0.05) is 13.0 Å². The molecule has 8 heteroatoms. The zero-order valence-electron chi connectivity index (χ0n) is 13.0. The van der Waals surface area contributed by atoms with Gasteiger partial charge in [0.1, 0.15) is 0 Å². The van der Waals surface area contributed by atoms with Gasteiger partial charge in [-0.2, -0.15) is 0 Å². The maximum atomic E-state index is 12.1. The summed E-state index contributed by atoms with van der Waals surface area (Å²) >= 11 is 0. The van der Waals surface area contributed by atoms with E-state index in [-0.39, 0.29) is 37.2 Å². The molecule has 0 bridgehead atoms. The van der Waals surface area contributed by atoms with Crippen LogP contribution in [0.3, 0.4) is 0 Å². The highest BCUT2D eigenvalue weighted by atomic mass is 35.5. The molecule has 0 saturated heterocycles. The molecular weight excluding hydrogens is 320 g/mol. The maximum Gasteiger partial charge on any atom is 0.253 e. The molecule has 0 spiro atoms. The Morgan fingerprint density at radius 3 is 2.48 bits per heavy atom. The van der Waals surface area contributed by atoms with E-state index in [9.17, 15) is 14.4 Å². The molecule has 128 valence electrons. The van der Waals surface area contributed by atoms with Crippen molar-refractivity contribution in [1.29, 1.82) is 0 Å². The average molecular weight is 343 g/mol. The van der Waals surface area contributed by atoms with Gasteiger partial charge >= 0.3 is 0 Å². The molecule has 1 unspecified atom stereocenters. The van der Waals surface area contributed by atoms with Crippen molar-refractivity contribution in [2.75, 3.05) is 11.9 Å². The number of anilines is 1. The molecule has 0 radical (unpaired) electrons. The SMILES string of the molecule is CCCC(N)C(=O)Nc1ccccc1C(=O)NCCC(N)=O.Cl. The predicted molar refractivity (Wildman–Crippen MR) is 91.3 cm³/mol. The summed E-state index contributed by atoms with van der Waals surface area (Å²) in [6, 6.07) is 5.99. The molecule has 7 nitrogen and oxygen atoms in total. The van der Waals surface area contributed by atoms with Crippen LogP contribution in [-0.2, 0) is 9.59 Å². The van der Waals surface area contributed by atoms with Gasteiger partial charge in [0.15, 0.2) is 0 Å². The second-order valence-electron chi connectivity index (χ2n) is 4.90. The molecular formula is C15H23ClN4O3. The third kappa shape index (κ3) is 7.12. The summed E-state index contributed by atoms with van der Waals surface area (Å²) in [6.07, 6.45) is 1.42. The summed E-state index contributed by atoms with van der Waals surface area (Å²) in [5, 5.41) is 5.23. The van der Waals surface area contributed by atoms with Gasteiger partial charge in [-0.15, -0.1) is 12.4 Å². The highest BCUT2D eigenvalue weighted by Gasteiger charge is 2.16. The van der Waals surface area contributed by atoms with Crippen LogP contribution in [0.15, 0.2) is 24.3 Å². The zero-order chi connectivity index (χ0) is 16.5. The maximum absolute atomic E-state index is 12.1. The van der Waals surface area contributed by atoms with Crippen molar-refractivity contribution in [3.8, 4) is 0 Å². The van der Waals surface area contributed by atoms with E-state index in [2.05, 4.69) is 10.6 Å². The molecule has 0 fully saturated rings. The van der Waals surface area contributed by atoms with Crippen molar-refractivity contribution >= 4 is 35.8 Å². The number of rotatable bonds is 8. The van der Waals surface area contributed by atoms with Crippen LogP contribution >= 0.6 is 12.4 Å². The van der Waals surface area contributed by atoms with Gasteiger partial charge in [-0.25, -0.2) is 0 Å². The van der Waals surface area contributed by atoms with Crippen LogP contribution in [0.1, 0.15) is 36.5 Å². The number of nitrogens with two attached hydrogens (primary N) is 2. The Hall–Kier alpha value is -2.12. The third-order valence-electron chi connectivity index (χ3n) is 3.02. The molecule has 0 aliphatic rings. The summed E-state index contributed by atoms with van der Waals surface area (Å²) in [5.74, 6) is -1.21. The summed E-state index contributed by atoms with van der Waals surface area (Å²) in [4.78, 5) is 34.7. The summed E-state index contributed by atoms with van der Waals surface area (Å²) in [6.45, 7) is 2.08. The minimum absolute atomic E-state index is 0. The van der Waals surface area contributed by atoms with E-state index in [4.69, 9.17) is 11.5 Å². The van der Waals surface area contributed by atoms with E-state index in [1.54, 1.807) is 24.3 Å². The Bertz CT molecular complexity index is 551. The van der Waals surface area contributed by atoms with E-state index >= 15 is 0 Å². The lowest BCUT2D eigenvalue weighted by molar-refractivity contribution is -0.118. The Kier molecular flexibility index (Phi) is 9.60. The van der Waals surface area contributed by atoms with Crippen LogP contribution in [0.5, 0.6) is 0 Å². The van der Waals surface area contributed by atoms with Gasteiger partial charge in [-0.3, -0.25) is 14.4 Å². The number of hydrogen-bond acceptors (Lipinski definition) is 4. The number of nitrogens with one attached hydrogen (secondary N) is 2. The fourth-order valence-electron chi connectivity index (χ4n) is 1.85. The topological polar surface area (TPSA) is 127 Å². The molecule has 0 aromatic heterocycles. The molecule has 6 N–H and O–H groups in total.